The molecular formula is C12H13N3. The molecule has 0 spiro atoms. The molecule has 0 aromatic carbocycles. The van der Waals surface area contributed by atoms with Gasteiger partial charge in [0.25, 0.3) is 0 Å². The molecule has 0 fully saturated rings. The number of hydrogen-bond acceptors (Lipinski definition) is 1. The van der Waals surface area contributed by atoms with Gasteiger partial charge in [-0.25, -0.2) is 9.83 Å². The molecule has 2 rings (SSSR count). The van der Waals surface area contributed by atoms with Crippen molar-refractivity contribution in [3.63, 3.8) is 0 Å². The van der Waals surface area contributed by atoms with E-state index < -0.39 is 0 Å². The van der Waals surface area contributed by atoms with Crippen LogP contribution in [0.5, 0.6) is 0 Å². The average molecular weight is 199 g/mol. The van der Waals surface area contributed by atoms with Crippen LogP contribution >= 0.6 is 0 Å². The average Bonchev–Trinajstić information content (AvgIpc) is 2.59. The molecule has 0 saturated heterocycles. The fourth-order valence-electron chi connectivity index (χ4n) is 1.40. The quantitative estimate of drug-likeness (QED) is 0.597. The summed E-state index contributed by atoms with van der Waals surface area (Å²) in [5, 5.41) is 0. The van der Waals surface area contributed by atoms with Gasteiger partial charge in [0.05, 0.1) is 12.3 Å². The Kier molecular flexibility index (Phi) is 2.01. The Bertz CT molecular complexity index is 538. The monoisotopic (exact) mass is 199 g/mol. The van der Waals surface area contributed by atoms with E-state index in [1.165, 1.54) is 0 Å². The minimum atomic E-state index is 0.0459. The zero-order valence-electron chi connectivity index (χ0n) is 9.15. The third-order valence-electron chi connectivity index (χ3n) is 2.34. The van der Waals surface area contributed by atoms with Crippen LogP contribution in [0.25, 0.3) is 10.5 Å². The van der Waals surface area contributed by atoms with Crippen LogP contribution in [0.2, 0.25) is 0 Å². The van der Waals surface area contributed by atoms with Gasteiger partial charge in [-0.3, -0.25) is 0 Å². The normalized spacial score (nSPS) is 11.6. The molecule has 76 valence electrons. The lowest BCUT2D eigenvalue weighted by atomic mass is 9.93. The highest BCUT2D eigenvalue weighted by molar-refractivity contribution is 5.55. The topological polar surface area (TPSA) is 21.7 Å². The van der Waals surface area contributed by atoms with E-state index in [0.717, 1.165) is 11.3 Å². The van der Waals surface area contributed by atoms with Crippen LogP contribution in [0.15, 0.2) is 24.5 Å². The van der Waals surface area contributed by atoms with E-state index in [9.17, 15) is 0 Å². The van der Waals surface area contributed by atoms with Gasteiger partial charge in [-0.05, 0) is 18.3 Å². The van der Waals surface area contributed by atoms with Crippen LogP contribution in [0.1, 0.15) is 26.5 Å². The second kappa shape index (κ2) is 3.09. The maximum atomic E-state index is 6.94. The summed E-state index contributed by atoms with van der Waals surface area (Å²) in [7, 11) is 0. The summed E-state index contributed by atoms with van der Waals surface area (Å²) in [4.78, 5) is 7.90. The van der Waals surface area contributed by atoms with Crippen molar-refractivity contribution >= 4 is 11.3 Å². The predicted molar refractivity (Wildman–Crippen MR) is 60.2 cm³/mol. The number of hydrogen-bond donors (Lipinski definition) is 0. The summed E-state index contributed by atoms with van der Waals surface area (Å²) in [6.07, 6.45) is 3.90. The number of rotatable bonds is 0. The third-order valence-corrected chi connectivity index (χ3v) is 2.34. The fourth-order valence-corrected chi connectivity index (χ4v) is 1.40. The fraction of sp³-hybridized carbons (Fsp3) is 0.333. The first-order valence-corrected chi connectivity index (χ1v) is 4.87. The van der Waals surface area contributed by atoms with E-state index in [-0.39, 0.29) is 5.41 Å². The Hall–Kier alpha value is -1.82. The number of imidazole rings is 1. The molecule has 0 atom stereocenters. The smallest absolute Gasteiger partial charge is 0.192 e. The molecule has 0 aliphatic rings. The van der Waals surface area contributed by atoms with Crippen LogP contribution in [-0.2, 0) is 5.41 Å². The molecular weight excluding hydrogens is 186 g/mol. The molecule has 2 aromatic rings. The van der Waals surface area contributed by atoms with Gasteiger partial charge in [0.15, 0.2) is 5.69 Å². The van der Waals surface area contributed by atoms with Crippen LogP contribution < -0.4 is 0 Å². The highest BCUT2D eigenvalue weighted by Gasteiger charge is 2.17. The van der Waals surface area contributed by atoms with E-state index in [0.29, 0.717) is 5.69 Å². The van der Waals surface area contributed by atoms with E-state index in [1.807, 2.05) is 22.9 Å². The zero-order valence-corrected chi connectivity index (χ0v) is 9.15. The van der Waals surface area contributed by atoms with Crippen molar-refractivity contribution in [3.05, 3.63) is 41.6 Å². The van der Waals surface area contributed by atoms with Gasteiger partial charge in [0, 0.05) is 11.6 Å². The first kappa shape index (κ1) is 9.72. The highest BCUT2D eigenvalue weighted by Crippen LogP contribution is 2.23. The van der Waals surface area contributed by atoms with Crippen molar-refractivity contribution in [2.45, 2.75) is 26.2 Å². The summed E-state index contributed by atoms with van der Waals surface area (Å²) in [5.41, 5.74) is 2.57. The van der Waals surface area contributed by atoms with Gasteiger partial charge in [0.1, 0.15) is 5.65 Å². The number of nitrogens with zero attached hydrogens (tertiary/aromatic N) is 3. The molecule has 2 heterocycles. The van der Waals surface area contributed by atoms with Crippen molar-refractivity contribution in [3.8, 4) is 0 Å². The molecule has 2 aromatic heterocycles. The molecule has 3 heteroatoms. The van der Waals surface area contributed by atoms with E-state index in [4.69, 9.17) is 6.57 Å². The molecule has 0 amide bonds. The van der Waals surface area contributed by atoms with Gasteiger partial charge < -0.3 is 4.40 Å². The molecule has 3 nitrogen and oxygen atoms in total. The predicted octanol–water partition coefficient (Wildman–Crippen LogP) is 3.18. The van der Waals surface area contributed by atoms with Gasteiger partial charge >= 0.3 is 0 Å². The van der Waals surface area contributed by atoms with Crippen LogP contribution in [0.4, 0.5) is 5.69 Å². The van der Waals surface area contributed by atoms with Crippen molar-refractivity contribution in [2.24, 2.45) is 0 Å². The Morgan fingerprint density at radius 3 is 2.73 bits per heavy atom. The summed E-state index contributed by atoms with van der Waals surface area (Å²) >= 11 is 0. The Balaban J connectivity index is 2.62. The molecule has 0 aliphatic heterocycles. The molecule has 0 saturated carbocycles. The molecule has 0 aliphatic carbocycles. The summed E-state index contributed by atoms with van der Waals surface area (Å²) in [5.74, 6) is 0. The van der Waals surface area contributed by atoms with Gasteiger partial charge in [-0.15, -0.1) is 0 Å². The Morgan fingerprint density at radius 2 is 2.13 bits per heavy atom. The standard InChI is InChI=1S/C12H13N3/c1-12(2,3)10-8-15-6-5-9(13-4)7-11(15)14-10/h5-8H,1-3H3. The van der Waals surface area contributed by atoms with Crippen LogP contribution in [0.3, 0.4) is 0 Å². The van der Waals surface area contributed by atoms with Crippen molar-refractivity contribution in [2.75, 3.05) is 0 Å². The van der Waals surface area contributed by atoms with Crippen molar-refractivity contribution < 1.29 is 0 Å². The second-order valence-corrected chi connectivity index (χ2v) is 4.64. The summed E-state index contributed by atoms with van der Waals surface area (Å²) < 4.78 is 1.95. The first-order valence-electron chi connectivity index (χ1n) is 4.87. The largest absolute Gasteiger partial charge is 0.309 e. The lowest BCUT2D eigenvalue weighted by Gasteiger charge is -2.13. The Morgan fingerprint density at radius 1 is 1.40 bits per heavy atom. The molecule has 0 radical (unpaired) electrons. The first-order chi connectivity index (χ1) is 7.00. The van der Waals surface area contributed by atoms with E-state index in [1.54, 1.807) is 6.07 Å². The van der Waals surface area contributed by atoms with Crippen LogP contribution in [-0.4, -0.2) is 9.38 Å². The summed E-state index contributed by atoms with van der Waals surface area (Å²) in [6, 6.07) is 3.61. The van der Waals surface area contributed by atoms with Gasteiger partial charge in [0.2, 0.25) is 0 Å². The van der Waals surface area contributed by atoms with E-state index >= 15 is 0 Å². The van der Waals surface area contributed by atoms with Gasteiger partial charge in [-0.1, -0.05) is 20.8 Å². The molecule has 0 unspecified atom stereocenters. The number of aromatic nitrogens is 2. The molecule has 15 heavy (non-hydrogen) atoms. The minimum Gasteiger partial charge on any atom is -0.309 e. The Labute approximate surface area is 89.2 Å². The molecule has 0 N–H and O–H groups in total. The minimum absolute atomic E-state index is 0.0459. The lowest BCUT2D eigenvalue weighted by Crippen LogP contribution is -2.11. The number of fused-ring (bicyclic) bond motifs is 1. The number of pyridine rings is 1. The zero-order chi connectivity index (χ0) is 11.1. The van der Waals surface area contributed by atoms with E-state index in [2.05, 4.69) is 30.6 Å². The van der Waals surface area contributed by atoms with Gasteiger partial charge in [-0.2, -0.15) is 0 Å². The molecule has 0 bridgehead atoms. The SMILES string of the molecule is [C-]#[N+]c1ccn2cc(C(C)(C)C)nc2c1. The third kappa shape index (κ3) is 1.71. The highest BCUT2D eigenvalue weighted by atomic mass is 15.0. The maximum Gasteiger partial charge on any atom is 0.192 e. The van der Waals surface area contributed by atoms with Crippen molar-refractivity contribution in [1.29, 1.82) is 0 Å². The second-order valence-electron chi connectivity index (χ2n) is 4.64. The van der Waals surface area contributed by atoms with Crippen molar-refractivity contribution in [1.82, 2.24) is 9.38 Å². The van der Waals surface area contributed by atoms with Crippen LogP contribution in [0, 0.1) is 6.57 Å². The maximum absolute atomic E-state index is 6.94. The summed E-state index contributed by atoms with van der Waals surface area (Å²) in [6.45, 7) is 13.3. The lowest BCUT2D eigenvalue weighted by molar-refractivity contribution is 0.573.